The quantitative estimate of drug-likeness (QED) is 0.786. The van der Waals surface area contributed by atoms with Crippen LogP contribution < -0.4 is 5.32 Å². The Morgan fingerprint density at radius 1 is 1.11 bits per heavy atom. The Morgan fingerprint density at radius 2 is 1.74 bits per heavy atom. The van der Waals surface area contributed by atoms with E-state index in [0.717, 1.165) is 12.0 Å². The lowest BCUT2D eigenvalue weighted by Crippen LogP contribution is -2.47. The van der Waals surface area contributed by atoms with Crippen molar-refractivity contribution in [3.63, 3.8) is 0 Å². The second kappa shape index (κ2) is 7.58. The smallest absolute Gasteiger partial charge is 0.0130 e. The van der Waals surface area contributed by atoms with Gasteiger partial charge in [-0.1, -0.05) is 0 Å². The van der Waals surface area contributed by atoms with Crippen LogP contribution in [0.4, 0.5) is 0 Å². The maximum Gasteiger partial charge on any atom is 0.0130 e. The average Bonchev–Trinajstić information content (AvgIpc) is 2.42. The van der Waals surface area contributed by atoms with Crippen LogP contribution in [-0.2, 0) is 0 Å². The van der Waals surface area contributed by atoms with Gasteiger partial charge in [-0.25, -0.2) is 0 Å². The van der Waals surface area contributed by atoms with E-state index in [9.17, 15) is 0 Å². The van der Waals surface area contributed by atoms with Gasteiger partial charge in [0.1, 0.15) is 0 Å². The minimum atomic E-state index is 0.767. The number of piperazine rings is 1. The summed E-state index contributed by atoms with van der Waals surface area (Å²) in [4.78, 5) is 7.57. The monoisotopic (exact) mass is 268 g/mol. The highest BCUT2D eigenvalue weighted by molar-refractivity contribution is 4.82. The molecule has 2 rings (SSSR count). The van der Waals surface area contributed by atoms with Crippen molar-refractivity contribution in [3.8, 4) is 0 Å². The van der Waals surface area contributed by atoms with Crippen LogP contribution >= 0.6 is 0 Å². The summed E-state index contributed by atoms with van der Waals surface area (Å²) < 4.78 is 0. The lowest BCUT2D eigenvalue weighted by Gasteiger charge is -2.39. The summed E-state index contributed by atoms with van der Waals surface area (Å²) in [6, 6.07) is 0.767. The van der Waals surface area contributed by atoms with Crippen molar-refractivity contribution in [1.29, 1.82) is 0 Å². The predicted octanol–water partition coefficient (Wildman–Crippen LogP) is 0.554. The molecule has 1 atom stereocenters. The van der Waals surface area contributed by atoms with E-state index in [1.165, 1.54) is 65.1 Å². The maximum absolute atomic E-state index is 3.44. The molecule has 1 unspecified atom stereocenters. The molecule has 0 aromatic carbocycles. The van der Waals surface area contributed by atoms with E-state index in [1.807, 2.05) is 0 Å². The van der Waals surface area contributed by atoms with Crippen LogP contribution in [-0.4, -0.2) is 87.7 Å². The molecule has 19 heavy (non-hydrogen) atoms. The van der Waals surface area contributed by atoms with Crippen LogP contribution in [0.2, 0.25) is 0 Å². The highest BCUT2D eigenvalue weighted by atomic mass is 15.2. The number of nitrogens with zero attached hydrogens (tertiary/aromatic N) is 3. The van der Waals surface area contributed by atoms with Gasteiger partial charge in [-0.05, 0) is 66.0 Å². The van der Waals surface area contributed by atoms with Crippen molar-refractivity contribution in [2.45, 2.75) is 25.3 Å². The Kier molecular flexibility index (Phi) is 6.07. The van der Waals surface area contributed by atoms with Crippen molar-refractivity contribution in [2.24, 2.45) is 5.92 Å². The molecule has 0 amide bonds. The number of likely N-dealkylation sites (tertiary alicyclic amines) is 1. The molecule has 4 nitrogen and oxygen atoms in total. The van der Waals surface area contributed by atoms with Gasteiger partial charge in [-0.15, -0.1) is 0 Å². The fourth-order valence-corrected chi connectivity index (χ4v) is 3.58. The van der Waals surface area contributed by atoms with Gasteiger partial charge in [-0.3, -0.25) is 0 Å². The Labute approximate surface area is 119 Å². The third-order valence-corrected chi connectivity index (χ3v) is 4.92. The molecule has 2 heterocycles. The third kappa shape index (κ3) is 4.71. The van der Waals surface area contributed by atoms with Gasteiger partial charge >= 0.3 is 0 Å². The first-order valence-corrected chi connectivity index (χ1v) is 7.95. The second-order valence-electron chi connectivity index (χ2n) is 6.55. The SMILES string of the molecule is CN1CCC(C(CCN2CCNCC2)N(C)C)CC1. The van der Waals surface area contributed by atoms with Gasteiger partial charge in [0.05, 0.1) is 0 Å². The topological polar surface area (TPSA) is 21.8 Å². The minimum Gasteiger partial charge on any atom is -0.314 e. The third-order valence-electron chi connectivity index (χ3n) is 4.92. The van der Waals surface area contributed by atoms with Crippen molar-refractivity contribution < 1.29 is 0 Å². The summed E-state index contributed by atoms with van der Waals surface area (Å²) in [5.74, 6) is 0.897. The van der Waals surface area contributed by atoms with Crippen molar-refractivity contribution in [3.05, 3.63) is 0 Å². The largest absolute Gasteiger partial charge is 0.314 e. The number of hydrogen-bond acceptors (Lipinski definition) is 4. The second-order valence-corrected chi connectivity index (χ2v) is 6.55. The molecule has 2 aliphatic heterocycles. The first kappa shape index (κ1) is 15.2. The molecule has 1 N–H and O–H groups in total. The normalized spacial score (nSPS) is 25.9. The molecule has 0 aromatic heterocycles. The number of nitrogens with one attached hydrogen (secondary N) is 1. The molecule has 0 saturated carbocycles. The Morgan fingerprint density at radius 3 is 2.32 bits per heavy atom. The molecular weight excluding hydrogens is 236 g/mol. The molecule has 0 aliphatic carbocycles. The molecule has 2 saturated heterocycles. The molecule has 0 aromatic rings. The van der Waals surface area contributed by atoms with E-state index in [4.69, 9.17) is 0 Å². The van der Waals surface area contributed by atoms with Gasteiger partial charge in [-0.2, -0.15) is 0 Å². The van der Waals surface area contributed by atoms with E-state index in [0.29, 0.717) is 0 Å². The molecule has 112 valence electrons. The van der Waals surface area contributed by atoms with Crippen LogP contribution in [0.15, 0.2) is 0 Å². The molecule has 0 bridgehead atoms. The van der Waals surface area contributed by atoms with E-state index < -0.39 is 0 Å². The van der Waals surface area contributed by atoms with Gasteiger partial charge in [0.2, 0.25) is 0 Å². The standard InChI is InChI=1S/C15H32N4/c1-17(2)15(14-4-9-18(3)10-5-14)6-11-19-12-7-16-8-13-19/h14-16H,4-13H2,1-3H3. The molecular formula is C15H32N4. The summed E-state index contributed by atoms with van der Waals surface area (Å²) in [6.07, 6.45) is 4.09. The van der Waals surface area contributed by atoms with Gasteiger partial charge < -0.3 is 20.0 Å². The zero-order valence-corrected chi connectivity index (χ0v) is 13.1. The number of hydrogen-bond donors (Lipinski definition) is 1. The summed E-state index contributed by atoms with van der Waals surface area (Å²) in [5.41, 5.74) is 0. The van der Waals surface area contributed by atoms with Crippen molar-refractivity contribution >= 4 is 0 Å². The van der Waals surface area contributed by atoms with Crippen LogP contribution in [0, 0.1) is 5.92 Å². The van der Waals surface area contributed by atoms with Crippen molar-refractivity contribution in [1.82, 2.24) is 20.0 Å². The Hall–Kier alpha value is -0.160. The molecule has 4 heteroatoms. The Bertz CT molecular complexity index is 243. The summed E-state index contributed by atoms with van der Waals surface area (Å²) in [6.45, 7) is 8.63. The Balaban J connectivity index is 1.78. The highest BCUT2D eigenvalue weighted by Gasteiger charge is 2.27. The van der Waals surface area contributed by atoms with Crippen LogP contribution in [0.3, 0.4) is 0 Å². The van der Waals surface area contributed by atoms with Gasteiger partial charge in [0.25, 0.3) is 0 Å². The van der Waals surface area contributed by atoms with E-state index in [-0.39, 0.29) is 0 Å². The van der Waals surface area contributed by atoms with E-state index in [2.05, 4.69) is 41.2 Å². The zero-order chi connectivity index (χ0) is 13.7. The van der Waals surface area contributed by atoms with Crippen molar-refractivity contribution in [2.75, 3.05) is 67.0 Å². The zero-order valence-electron chi connectivity index (χ0n) is 13.1. The summed E-state index contributed by atoms with van der Waals surface area (Å²) >= 11 is 0. The van der Waals surface area contributed by atoms with Gasteiger partial charge in [0, 0.05) is 32.2 Å². The minimum absolute atomic E-state index is 0.767. The average molecular weight is 268 g/mol. The number of rotatable bonds is 5. The molecule has 2 fully saturated rings. The number of piperidine rings is 1. The lowest BCUT2D eigenvalue weighted by atomic mass is 9.87. The fourth-order valence-electron chi connectivity index (χ4n) is 3.58. The molecule has 0 spiro atoms. The summed E-state index contributed by atoms with van der Waals surface area (Å²) in [7, 11) is 6.78. The fraction of sp³-hybridized carbons (Fsp3) is 1.00. The first-order chi connectivity index (χ1) is 9.16. The van der Waals surface area contributed by atoms with E-state index >= 15 is 0 Å². The maximum atomic E-state index is 3.44. The van der Waals surface area contributed by atoms with Crippen LogP contribution in [0.25, 0.3) is 0 Å². The summed E-state index contributed by atoms with van der Waals surface area (Å²) in [5, 5.41) is 3.44. The highest BCUT2D eigenvalue weighted by Crippen LogP contribution is 2.24. The predicted molar refractivity (Wildman–Crippen MR) is 81.6 cm³/mol. The lowest BCUT2D eigenvalue weighted by molar-refractivity contribution is 0.111. The molecule has 2 aliphatic rings. The van der Waals surface area contributed by atoms with Crippen LogP contribution in [0.1, 0.15) is 19.3 Å². The van der Waals surface area contributed by atoms with Crippen LogP contribution in [0.5, 0.6) is 0 Å². The van der Waals surface area contributed by atoms with Gasteiger partial charge in [0.15, 0.2) is 0 Å². The molecule has 0 radical (unpaired) electrons. The first-order valence-electron chi connectivity index (χ1n) is 7.95. The van der Waals surface area contributed by atoms with E-state index in [1.54, 1.807) is 0 Å².